The van der Waals surface area contributed by atoms with Crippen LogP contribution in [0.15, 0.2) is 12.3 Å². The number of amides is 1. The van der Waals surface area contributed by atoms with Crippen LogP contribution in [0.5, 0.6) is 0 Å². The first kappa shape index (κ1) is 15.4. The summed E-state index contributed by atoms with van der Waals surface area (Å²) in [5.41, 5.74) is 0.328. The summed E-state index contributed by atoms with van der Waals surface area (Å²) in [5.74, 6) is -1.47. The van der Waals surface area contributed by atoms with Gasteiger partial charge in [0.15, 0.2) is 0 Å². The van der Waals surface area contributed by atoms with E-state index >= 15 is 0 Å². The fraction of sp³-hybridized carbons (Fsp3) is 0.533. The maximum atomic E-state index is 12.7. The molecule has 2 atom stereocenters. The van der Waals surface area contributed by atoms with Crippen LogP contribution in [0.4, 0.5) is 5.69 Å². The number of hydrogen-bond donors (Lipinski definition) is 1. The average molecular weight is 319 g/mol. The maximum Gasteiger partial charge on any atom is 0.308 e. The number of hydrogen-bond acceptors (Lipinski definition) is 5. The number of aliphatic carboxylic acids is 1. The van der Waals surface area contributed by atoms with Crippen molar-refractivity contribution < 1.29 is 19.6 Å². The molecule has 1 aliphatic carbocycles. The Morgan fingerprint density at radius 2 is 2.09 bits per heavy atom. The number of nitrogens with zero attached hydrogens (tertiary/aromatic N) is 3. The van der Waals surface area contributed by atoms with Crippen LogP contribution in [0.3, 0.4) is 0 Å². The van der Waals surface area contributed by atoms with Crippen molar-refractivity contribution in [2.45, 2.75) is 19.8 Å². The number of carbonyl (C=O) groups excluding carboxylic acids is 1. The van der Waals surface area contributed by atoms with E-state index in [1.165, 1.54) is 11.0 Å². The van der Waals surface area contributed by atoms with Crippen molar-refractivity contribution in [3.05, 3.63) is 33.6 Å². The third kappa shape index (κ3) is 2.88. The van der Waals surface area contributed by atoms with Crippen molar-refractivity contribution in [2.24, 2.45) is 17.8 Å². The highest BCUT2D eigenvalue weighted by Gasteiger charge is 2.47. The number of carboxylic acid groups (broad SMARTS) is 1. The largest absolute Gasteiger partial charge is 0.481 e. The molecule has 1 saturated heterocycles. The number of aromatic nitrogens is 1. The van der Waals surface area contributed by atoms with E-state index in [0.717, 1.165) is 19.0 Å². The zero-order valence-electron chi connectivity index (χ0n) is 12.6. The van der Waals surface area contributed by atoms with Crippen LogP contribution in [0, 0.1) is 34.8 Å². The fourth-order valence-electron chi connectivity index (χ4n) is 3.27. The number of carbonyl (C=O) groups is 2. The van der Waals surface area contributed by atoms with E-state index in [0.29, 0.717) is 18.2 Å². The van der Waals surface area contributed by atoms with Crippen LogP contribution >= 0.6 is 0 Å². The maximum absolute atomic E-state index is 12.7. The standard InChI is InChI=1S/C15H17N3O5/c1-8-11(4-10(5-16-8)18(22)23)14(19)17-6-12(9-2-3-9)13(7-17)15(20)21/h4-5,9,12-13H,2-3,6-7H2,1H3,(H,20,21)/t12-,13+/m1/s1. The summed E-state index contributed by atoms with van der Waals surface area (Å²) in [6.07, 6.45) is 3.13. The molecule has 0 spiro atoms. The van der Waals surface area contributed by atoms with Gasteiger partial charge in [-0.05, 0) is 31.6 Å². The lowest BCUT2D eigenvalue weighted by Crippen LogP contribution is -2.30. The summed E-state index contributed by atoms with van der Waals surface area (Å²) in [4.78, 5) is 39.8. The minimum atomic E-state index is -0.883. The van der Waals surface area contributed by atoms with Gasteiger partial charge in [-0.1, -0.05) is 0 Å². The summed E-state index contributed by atoms with van der Waals surface area (Å²) in [6, 6.07) is 1.21. The Hall–Kier alpha value is -2.51. The lowest BCUT2D eigenvalue weighted by molar-refractivity contribution is -0.385. The Labute approximate surface area is 132 Å². The minimum absolute atomic E-state index is 0.0246. The summed E-state index contributed by atoms with van der Waals surface area (Å²) in [5, 5.41) is 20.2. The van der Waals surface area contributed by atoms with E-state index < -0.39 is 16.8 Å². The van der Waals surface area contributed by atoms with E-state index in [1.807, 2.05) is 0 Å². The fourth-order valence-corrected chi connectivity index (χ4v) is 3.27. The van der Waals surface area contributed by atoms with Crippen LogP contribution < -0.4 is 0 Å². The quantitative estimate of drug-likeness (QED) is 0.664. The second kappa shape index (κ2) is 5.60. The minimum Gasteiger partial charge on any atom is -0.481 e. The Balaban J connectivity index is 1.85. The van der Waals surface area contributed by atoms with E-state index in [2.05, 4.69) is 4.98 Å². The van der Waals surface area contributed by atoms with Crippen LogP contribution in [-0.4, -0.2) is 44.9 Å². The number of rotatable bonds is 4. The molecule has 8 heteroatoms. The first-order chi connectivity index (χ1) is 10.9. The smallest absolute Gasteiger partial charge is 0.308 e. The van der Waals surface area contributed by atoms with Gasteiger partial charge in [0, 0.05) is 19.2 Å². The van der Waals surface area contributed by atoms with E-state index in [4.69, 9.17) is 0 Å². The van der Waals surface area contributed by atoms with Gasteiger partial charge in [0.2, 0.25) is 0 Å². The second-order valence-corrected chi connectivity index (χ2v) is 6.24. The van der Waals surface area contributed by atoms with E-state index in [9.17, 15) is 24.8 Å². The van der Waals surface area contributed by atoms with Crippen molar-refractivity contribution in [1.82, 2.24) is 9.88 Å². The predicted octanol–water partition coefficient (Wildman–Crippen LogP) is 1.48. The highest BCUT2D eigenvalue weighted by molar-refractivity contribution is 5.96. The van der Waals surface area contributed by atoms with Gasteiger partial charge in [-0.3, -0.25) is 24.7 Å². The summed E-state index contributed by atoms with van der Waals surface area (Å²) in [6.45, 7) is 2.15. The van der Waals surface area contributed by atoms with E-state index in [-0.39, 0.29) is 29.6 Å². The molecule has 0 aromatic carbocycles. The Bertz CT molecular complexity index is 686. The number of likely N-dealkylation sites (tertiary alicyclic amines) is 1. The van der Waals surface area contributed by atoms with Gasteiger partial charge in [0.1, 0.15) is 6.20 Å². The average Bonchev–Trinajstić information content (AvgIpc) is 3.25. The van der Waals surface area contributed by atoms with Gasteiger partial charge in [-0.15, -0.1) is 0 Å². The number of carboxylic acids is 1. The zero-order valence-corrected chi connectivity index (χ0v) is 12.6. The van der Waals surface area contributed by atoms with Crippen LogP contribution in [0.2, 0.25) is 0 Å². The number of nitro groups is 1. The summed E-state index contributed by atoms with van der Waals surface area (Å²) < 4.78 is 0. The Morgan fingerprint density at radius 3 is 2.65 bits per heavy atom. The molecule has 0 bridgehead atoms. The monoisotopic (exact) mass is 319 g/mol. The molecule has 2 aliphatic rings. The molecule has 1 amide bonds. The predicted molar refractivity (Wildman–Crippen MR) is 78.9 cm³/mol. The lowest BCUT2D eigenvalue weighted by atomic mass is 9.92. The molecule has 23 heavy (non-hydrogen) atoms. The molecule has 2 heterocycles. The highest BCUT2D eigenvalue weighted by atomic mass is 16.6. The highest BCUT2D eigenvalue weighted by Crippen LogP contribution is 2.44. The zero-order chi connectivity index (χ0) is 16.7. The van der Waals surface area contributed by atoms with Crippen LogP contribution in [-0.2, 0) is 4.79 Å². The first-order valence-corrected chi connectivity index (χ1v) is 7.51. The topological polar surface area (TPSA) is 114 Å². The van der Waals surface area contributed by atoms with Crippen LogP contribution in [0.25, 0.3) is 0 Å². The molecule has 8 nitrogen and oxygen atoms in total. The molecule has 2 fully saturated rings. The summed E-state index contributed by atoms with van der Waals surface area (Å²) in [7, 11) is 0. The molecule has 122 valence electrons. The molecule has 1 N–H and O–H groups in total. The molecule has 3 rings (SSSR count). The van der Waals surface area contributed by atoms with Crippen LogP contribution in [0.1, 0.15) is 28.9 Å². The van der Waals surface area contributed by atoms with E-state index in [1.54, 1.807) is 6.92 Å². The van der Waals surface area contributed by atoms with Gasteiger partial charge in [-0.2, -0.15) is 0 Å². The SMILES string of the molecule is Cc1ncc([N+](=O)[O-])cc1C(=O)N1C[C@H](C(=O)O)[C@@H](C2CC2)C1. The lowest BCUT2D eigenvalue weighted by Gasteiger charge is -2.17. The molecule has 0 unspecified atom stereocenters. The molecule has 1 aromatic heterocycles. The second-order valence-electron chi connectivity index (χ2n) is 6.24. The molecule has 1 saturated carbocycles. The van der Waals surface area contributed by atoms with Crippen molar-refractivity contribution in [3.63, 3.8) is 0 Å². The van der Waals surface area contributed by atoms with Gasteiger partial charge in [0.25, 0.3) is 11.6 Å². The first-order valence-electron chi connectivity index (χ1n) is 7.51. The van der Waals surface area contributed by atoms with Gasteiger partial charge < -0.3 is 10.0 Å². The molecular formula is C15H17N3O5. The van der Waals surface area contributed by atoms with Gasteiger partial charge >= 0.3 is 5.97 Å². The van der Waals surface area contributed by atoms with Gasteiger partial charge in [-0.25, -0.2) is 0 Å². The third-order valence-corrected chi connectivity index (χ3v) is 4.71. The van der Waals surface area contributed by atoms with Gasteiger partial charge in [0.05, 0.1) is 22.1 Å². The Kier molecular flexibility index (Phi) is 3.75. The summed E-state index contributed by atoms with van der Waals surface area (Å²) >= 11 is 0. The number of aryl methyl sites for hydroxylation is 1. The normalized spacial score (nSPS) is 23.8. The molecular weight excluding hydrogens is 302 g/mol. The van der Waals surface area contributed by atoms with Crippen molar-refractivity contribution in [1.29, 1.82) is 0 Å². The van der Waals surface area contributed by atoms with Crippen molar-refractivity contribution in [3.8, 4) is 0 Å². The Morgan fingerprint density at radius 1 is 1.39 bits per heavy atom. The van der Waals surface area contributed by atoms with Crippen molar-refractivity contribution in [2.75, 3.05) is 13.1 Å². The third-order valence-electron chi connectivity index (χ3n) is 4.71. The van der Waals surface area contributed by atoms with Crippen molar-refractivity contribution >= 4 is 17.6 Å². The molecule has 0 radical (unpaired) electrons. The molecule has 1 aromatic rings. The number of pyridine rings is 1. The molecule has 1 aliphatic heterocycles.